The van der Waals surface area contributed by atoms with Gasteiger partial charge in [-0.05, 0) is 0 Å². The summed E-state index contributed by atoms with van der Waals surface area (Å²) in [6.07, 6.45) is -0.320. The second kappa shape index (κ2) is 4.44. The predicted molar refractivity (Wildman–Crippen MR) is 68.9 cm³/mol. The van der Waals surface area contributed by atoms with Crippen LogP contribution in [0.15, 0.2) is 23.4 Å². The van der Waals surface area contributed by atoms with Crippen molar-refractivity contribution in [2.75, 3.05) is 5.73 Å². The van der Waals surface area contributed by atoms with E-state index in [1.54, 1.807) is 0 Å². The highest BCUT2D eigenvalue weighted by molar-refractivity contribution is 9.11. The molecule has 3 rings (SSSR count). The molecule has 0 radical (unpaired) electrons. The largest absolute Gasteiger partial charge is 0.468 e. The number of halogens is 1. The first kappa shape index (κ1) is 12.3. The third kappa shape index (κ3) is 1.78. The van der Waals surface area contributed by atoms with E-state index in [0.29, 0.717) is 11.2 Å². The number of rotatable bonds is 1. The Labute approximate surface area is 115 Å². The van der Waals surface area contributed by atoms with Crippen molar-refractivity contribution in [3.05, 3.63) is 23.4 Å². The van der Waals surface area contributed by atoms with Gasteiger partial charge in [-0.2, -0.15) is 0 Å². The maximum absolute atomic E-state index is 10.00. The number of anilines is 1. The molecular formula is C10H10BrN5O3. The van der Waals surface area contributed by atoms with Crippen LogP contribution in [0, 0.1) is 0 Å². The van der Waals surface area contributed by atoms with Crippen LogP contribution >= 0.6 is 15.9 Å². The predicted octanol–water partition coefficient (Wildman–Crippen LogP) is -0.105. The zero-order chi connectivity index (χ0) is 13.6. The van der Waals surface area contributed by atoms with Crippen molar-refractivity contribution in [2.45, 2.75) is 18.4 Å². The number of nitrogens with two attached hydrogens (primary N) is 1. The molecule has 0 saturated carbocycles. The van der Waals surface area contributed by atoms with Crippen LogP contribution in [0.2, 0.25) is 0 Å². The number of nitrogen functional groups attached to an aromatic ring is 1. The quantitative estimate of drug-likeness (QED) is 0.668. The molecule has 19 heavy (non-hydrogen) atoms. The second-order valence-electron chi connectivity index (χ2n) is 4.04. The molecule has 0 aliphatic carbocycles. The van der Waals surface area contributed by atoms with Crippen LogP contribution in [0.3, 0.4) is 0 Å². The van der Waals surface area contributed by atoms with E-state index >= 15 is 0 Å². The Morgan fingerprint density at radius 2 is 2.16 bits per heavy atom. The monoisotopic (exact) mass is 327 g/mol. The molecule has 100 valence electrons. The van der Waals surface area contributed by atoms with Crippen molar-refractivity contribution < 1.29 is 14.9 Å². The zero-order valence-electron chi connectivity index (χ0n) is 9.51. The van der Waals surface area contributed by atoms with Gasteiger partial charge in [0, 0.05) is 4.99 Å². The molecule has 2 aromatic heterocycles. The van der Waals surface area contributed by atoms with Gasteiger partial charge in [0.05, 0.1) is 0 Å². The van der Waals surface area contributed by atoms with Crippen molar-refractivity contribution in [3.63, 3.8) is 0 Å². The Morgan fingerprint density at radius 3 is 2.84 bits per heavy atom. The highest BCUT2D eigenvalue weighted by Crippen LogP contribution is 2.34. The third-order valence-electron chi connectivity index (χ3n) is 2.93. The molecule has 0 aromatic carbocycles. The lowest BCUT2D eigenvalue weighted by atomic mass is 10.2. The van der Waals surface area contributed by atoms with E-state index in [2.05, 4.69) is 30.9 Å². The first-order chi connectivity index (χ1) is 9.13. The summed E-state index contributed by atoms with van der Waals surface area (Å²) in [7, 11) is 0. The average Bonchev–Trinajstić information content (AvgIpc) is 2.94. The van der Waals surface area contributed by atoms with Crippen molar-refractivity contribution >= 4 is 32.9 Å². The maximum Gasteiger partial charge on any atom is 0.207 e. The molecule has 0 amide bonds. The van der Waals surface area contributed by atoms with Gasteiger partial charge in [-0.25, -0.2) is 15.0 Å². The van der Waals surface area contributed by atoms with Crippen molar-refractivity contribution in [2.24, 2.45) is 0 Å². The Bertz CT molecular complexity index is 658. The number of nitrogens with zero attached hydrogens (tertiary/aromatic N) is 4. The Morgan fingerprint density at radius 1 is 1.37 bits per heavy atom. The minimum absolute atomic E-state index is 0.237. The van der Waals surface area contributed by atoms with Gasteiger partial charge in [-0.1, -0.05) is 15.9 Å². The fourth-order valence-electron chi connectivity index (χ4n) is 1.97. The Balaban J connectivity index is 2.09. The number of imidazole rings is 1. The lowest BCUT2D eigenvalue weighted by Crippen LogP contribution is -2.27. The topological polar surface area (TPSA) is 119 Å². The molecule has 3 atom stereocenters. The summed E-state index contributed by atoms with van der Waals surface area (Å²) in [4.78, 5) is 13.4. The molecule has 3 heterocycles. The molecule has 9 heteroatoms. The van der Waals surface area contributed by atoms with Crippen LogP contribution < -0.4 is 5.73 Å². The lowest BCUT2D eigenvalue weighted by molar-refractivity contribution is -0.0118. The molecule has 0 spiro atoms. The van der Waals surface area contributed by atoms with E-state index in [1.165, 1.54) is 22.2 Å². The number of fused-ring (bicyclic) bond motifs is 1. The van der Waals surface area contributed by atoms with E-state index in [9.17, 15) is 10.2 Å². The average molecular weight is 328 g/mol. The zero-order valence-corrected chi connectivity index (χ0v) is 11.1. The molecule has 4 N–H and O–H groups in total. The third-order valence-corrected chi connectivity index (χ3v) is 3.38. The molecule has 2 aromatic rings. The van der Waals surface area contributed by atoms with Gasteiger partial charge in [0.2, 0.25) is 6.23 Å². The van der Waals surface area contributed by atoms with Crippen LogP contribution in [0.25, 0.3) is 11.2 Å². The van der Waals surface area contributed by atoms with E-state index < -0.39 is 18.4 Å². The molecule has 0 bridgehead atoms. The van der Waals surface area contributed by atoms with Gasteiger partial charge >= 0.3 is 0 Å². The van der Waals surface area contributed by atoms with Crippen molar-refractivity contribution in [3.8, 4) is 0 Å². The number of hydrogen-bond donors (Lipinski definition) is 3. The van der Waals surface area contributed by atoms with Crippen molar-refractivity contribution in [1.82, 2.24) is 19.5 Å². The fraction of sp³-hybridized carbons (Fsp3) is 0.300. The van der Waals surface area contributed by atoms with E-state index in [-0.39, 0.29) is 11.6 Å². The van der Waals surface area contributed by atoms with E-state index in [1.807, 2.05) is 0 Å². The molecule has 1 aliphatic heterocycles. The van der Waals surface area contributed by atoms with Crippen LogP contribution in [-0.2, 0) is 4.74 Å². The van der Waals surface area contributed by atoms with Crippen LogP contribution in [0.4, 0.5) is 5.82 Å². The molecular weight excluding hydrogens is 318 g/mol. The summed E-state index contributed by atoms with van der Waals surface area (Å²) >= 11 is 3.07. The first-order valence-corrected chi connectivity index (χ1v) is 6.31. The summed E-state index contributed by atoms with van der Waals surface area (Å²) < 4.78 is 6.97. The Hall–Kier alpha value is -1.71. The summed E-state index contributed by atoms with van der Waals surface area (Å²) in [6, 6.07) is 0. The summed E-state index contributed by atoms with van der Waals surface area (Å²) in [5.41, 5.74) is 6.54. The maximum atomic E-state index is 10.00. The number of aliphatic hydroxyl groups excluding tert-OH is 2. The number of hydrogen-bond acceptors (Lipinski definition) is 7. The highest BCUT2D eigenvalue weighted by atomic mass is 79.9. The van der Waals surface area contributed by atoms with Gasteiger partial charge in [0.1, 0.15) is 36.1 Å². The molecule has 1 fully saturated rings. The first-order valence-electron chi connectivity index (χ1n) is 5.39. The second-order valence-corrected chi connectivity index (χ2v) is 4.50. The SMILES string of the molecule is Nc1ncnc2c1ncn2[C@@H]1OC(=CBr)[C@@H](O)[C@H]1O. The minimum atomic E-state index is -1.13. The van der Waals surface area contributed by atoms with Gasteiger partial charge in [-0.15, -0.1) is 0 Å². The highest BCUT2D eigenvalue weighted by Gasteiger charge is 2.41. The molecule has 1 aliphatic rings. The van der Waals surface area contributed by atoms with E-state index in [4.69, 9.17) is 10.5 Å². The van der Waals surface area contributed by atoms with Gasteiger partial charge in [0.15, 0.2) is 11.5 Å². The molecule has 1 saturated heterocycles. The standard InChI is InChI=1S/C10H10BrN5O3/c11-1-4-6(17)7(18)10(19-4)16-3-15-5-8(12)13-2-14-9(5)16/h1-3,6-7,10,17-18H,(H2,12,13,14)/t6-,7-,10-/m1/s1. The Kier molecular flexibility index (Phi) is 2.88. The molecule has 0 unspecified atom stereocenters. The van der Waals surface area contributed by atoms with Gasteiger partial charge in [-0.3, -0.25) is 4.57 Å². The van der Waals surface area contributed by atoms with Crippen molar-refractivity contribution in [1.29, 1.82) is 0 Å². The summed E-state index contributed by atoms with van der Waals surface area (Å²) in [6.45, 7) is 0. The molecule has 8 nitrogen and oxygen atoms in total. The van der Waals surface area contributed by atoms with Crippen LogP contribution in [-0.4, -0.2) is 41.9 Å². The summed E-state index contributed by atoms with van der Waals surface area (Å²) in [5.74, 6) is 0.481. The number of aliphatic hydroxyl groups is 2. The normalized spacial score (nSPS) is 29.0. The van der Waals surface area contributed by atoms with Gasteiger partial charge < -0.3 is 20.7 Å². The fourth-order valence-corrected chi connectivity index (χ4v) is 2.35. The van der Waals surface area contributed by atoms with E-state index in [0.717, 1.165) is 0 Å². The minimum Gasteiger partial charge on any atom is -0.468 e. The lowest BCUT2D eigenvalue weighted by Gasteiger charge is -2.15. The smallest absolute Gasteiger partial charge is 0.207 e. The van der Waals surface area contributed by atoms with Gasteiger partial charge in [0.25, 0.3) is 0 Å². The number of ether oxygens (including phenoxy) is 1. The van der Waals surface area contributed by atoms with Crippen LogP contribution in [0.5, 0.6) is 0 Å². The number of aromatic nitrogens is 4. The summed E-state index contributed by atoms with van der Waals surface area (Å²) in [5, 5.41) is 19.8. The van der Waals surface area contributed by atoms with Crippen LogP contribution in [0.1, 0.15) is 6.23 Å².